The molecule has 7 atom stereocenters. The SMILES string of the molecule is C=C[C@@H](C)CC[C@@H]1CCC[C@]2(CCC(C)[C@@H](CCCNC(=O)[C@@H](C)[C@@H](O)CNC(=O)OCC3c4ccccc4-c4ccccc43)O2)O1.COCCC(C)=O. The number of nitrogens with one attached hydrogen (secondary N) is 2. The number of ketones is 1. The van der Waals surface area contributed by atoms with E-state index in [-0.39, 0.29) is 43.0 Å². The molecule has 2 heterocycles. The molecule has 0 radical (unpaired) electrons. The summed E-state index contributed by atoms with van der Waals surface area (Å²) >= 11 is 0. The van der Waals surface area contributed by atoms with Crippen molar-refractivity contribution in [1.29, 1.82) is 0 Å². The van der Waals surface area contributed by atoms with Crippen molar-refractivity contribution < 1.29 is 38.4 Å². The lowest BCUT2D eigenvalue weighted by Gasteiger charge is -2.48. The Morgan fingerprint density at radius 1 is 1.00 bits per heavy atom. The summed E-state index contributed by atoms with van der Waals surface area (Å²) in [6, 6.07) is 16.3. The molecule has 2 aromatic carbocycles. The maximum absolute atomic E-state index is 12.8. The van der Waals surface area contributed by atoms with Gasteiger partial charge in [0.05, 0.1) is 30.8 Å². The standard InChI is InChI=1S/C39H54N2O6.C5H10O2/c1-5-26(2)18-19-29-12-10-21-39(46-29)22-20-27(3)36(47-39)17-11-23-40-37(43)28(4)35(42)24-41-38(44)45-25-34-32-15-8-6-13-30(32)31-14-7-9-16-33(31)34;1-5(6)3-4-7-2/h5-9,13-16,26-29,34-36,42H,1,10-12,17-25H2,2-4H3,(H,40,43)(H,41,44);3-4H2,1-2H3/t26-,27?,28+,29+,35+,36-,39+;/m1./s1. The van der Waals surface area contributed by atoms with Crippen LogP contribution in [0.1, 0.15) is 109 Å². The molecule has 2 aromatic rings. The van der Waals surface area contributed by atoms with Crippen molar-refractivity contribution in [3.8, 4) is 11.1 Å². The van der Waals surface area contributed by atoms with Crippen LogP contribution in [0.3, 0.4) is 0 Å². The molecule has 1 aliphatic carbocycles. The lowest BCUT2D eigenvalue weighted by molar-refractivity contribution is -0.324. The predicted molar refractivity (Wildman–Crippen MR) is 211 cm³/mol. The Kier molecular flexibility index (Phi) is 17.2. The number of carbonyl (C=O) groups excluding carboxylic acids is 3. The Hall–Kier alpha value is -3.57. The summed E-state index contributed by atoms with van der Waals surface area (Å²) in [7, 11) is 1.59. The number of hydrogen-bond acceptors (Lipinski definition) is 8. The normalized spacial score (nSPS) is 23.5. The zero-order valence-corrected chi connectivity index (χ0v) is 33.1. The first kappa shape index (κ1) is 43.2. The van der Waals surface area contributed by atoms with E-state index in [1.807, 2.05) is 30.3 Å². The predicted octanol–water partition coefficient (Wildman–Crippen LogP) is 7.71. The van der Waals surface area contributed by atoms with Crippen LogP contribution in [0.5, 0.6) is 0 Å². The van der Waals surface area contributed by atoms with Crippen molar-refractivity contribution in [2.75, 3.05) is 33.4 Å². The van der Waals surface area contributed by atoms with E-state index in [4.69, 9.17) is 14.2 Å². The van der Waals surface area contributed by atoms with Gasteiger partial charge < -0.3 is 34.7 Å². The lowest BCUT2D eigenvalue weighted by atomic mass is 9.85. The average Bonchev–Trinajstić information content (AvgIpc) is 3.50. The molecule has 1 spiro atoms. The zero-order chi connectivity index (χ0) is 39.1. The number of Topliss-reactive ketones (excluding diaryl/α,β-unsaturated/α-hetero) is 1. The molecule has 0 bridgehead atoms. The minimum absolute atomic E-state index is 0.0428. The molecule has 298 valence electrons. The summed E-state index contributed by atoms with van der Waals surface area (Å²) in [6.07, 6.45) is 10.1. The molecule has 10 nitrogen and oxygen atoms in total. The van der Waals surface area contributed by atoms with Gasteiger partial charge in [0.25, 0.3) is 0 Å². The molecule has 0 saturated carbocycles. The Morgan fingerprint density at radius 3 is 2.31 bits per heavy atom. The second kappa shape index (κ2) is 21.5. The number of methoxy groups -OCH3 is 1. The van der Waals surface area contributed by atoms with Gasteiger partial charge >= 0.3 is 6.09 Å². The summed E-state index contributed by atoms with van der Waals surface area (Å²) in [5.41, 5.74) is 4.59. The second-order valence-electron chi connectivity index (χ2n) is 15.4. The van der Waals surface area contributed by atoms with E-state index in [1.165, 1.54) is 0 Å². The minimum Gasteiger partial charge on any atom is -0.449 e. The van der Waals surface area contributed by atoms with Crippen molar-refractivity contribution in [2.45, 2.75) is 122 Å². The Labute approximate surface area is 322 Å². The summed E-state index contributed by atoms with van der Waals surface area (Å²) in [4.78, 5) is 35.5. The fourth-order valence-electron chi connectivity index (χ4n) is 7.60. The Morgan fingerprint density at radius 2 is 1.69 bits per heavy atom. The minimum atomic E-state index is -1.04. The number of ether oxygens (including phenoxy) is 4. The lowest BCUT2D eigenvalue weighted by Crippen LogP contribution is -2.50. The zero-order valence-electron chi connectivity index (χ0n) is 33.1. The van der Waals surface area contributed by atoms with Crippen LogP contribution in [0.25, 0.3) is 11.1 Å². The summed E-state index contributed by atoms with van der Waals surface area (Å²) in [6.45, 7) is 12.7. The highest BCUT2D eigenvalue weighted by Gasteiger charge is 2.44. The van der Waals surface area contributed by atoms with E-state index in [0.717, 1.165) is 80.0 Å². The molecular formula is C44H64N2O8. The van der Waals surface area contributed by atoms with E-state index in [1.54, 1.807) is 21.0 Å². The third kappa shape index (κ3) is 12.5. The fourth-order valence-corrected chi connectivity index (χ4v) is 7.60. The van der Waals surface area contributed by atoms with Crippen LogP contribution >= 0.6 is 0 Å². The Balaban J connectivity index is 0.000000845. The number of benzene rings is 2. The molecule has 3 N–H and O–H groups in total. The van der Waals surface area contributed by atoms with Crippen LogP contribution in [-0.4, -0.2) is 80.4 Å². The van der Waals surface area contributed by atoms with Crippen molar-refractivity contribution in [1.82, 2.24) is 10.6 Å². The van der Waals surface area contributed by atoms with Crippen molar-refractivity contribution >= 4 is 17.8 Å². The Bertz CT molecular complexity index is 1470. The maximum atomic E-state index is 12.8. The van der Waals surface area contributed by atoms with Crippen LogP contribution in [0, 0.1) is 17.8 Å². The van der Waals surface area contributed by atoms with E-state index in [9.17, 15) is 19.5 Å². The van der Waals surface area contributed by atoms with E-state index < -0.39 is 23.9 Å². The van der Waals surface area contributed by atoms with Gasteiger partial charge in [-0.05, 0) is 86.0 Å². The van der Waals surface area contributed by atoms with Gasteiger partial charge in [-0.25, -0.2) is 4.79 Å². The first-order valence-electron chi connectivity index (χ1n) is 20.0. The molecular weight excluding hydrogens is 684 g/mol. The highest BCUT2D eigenvalue weighted by molar-refractivity contribution is 5.80. The number of carbonyl (C=O) groups is 3. The number of fused-ring (bicyclic) bond motifs is 3. The van der Waals surface area contributed by atoms with Gasteiger partial charge in [-0.15, -0.1) is 6.58 Å². The van der Waals surface area contributed by atoms with Gasteiger partial charge in [-0.2, -0.15) is 0 Å². The summed E-state index contributed by atoms with van der Waals surface area (Å²) in [5.74, 6) is -0.333. The number of amides is 2. The third-order valence-electron chi connectivity index (χ3n) is 11.2. The molecule has 5 rings (SSSR count). The molecule has 0 aromatic heterocycles. The maximum Gasteiger partial charge on any atom is 0.407 e. The second-order valence-corrected chi connectivity index (χ2v) is 15.4. The van der Waals surface area contributed by atoms with Gasteiger partial charge in [0.1, 0.15) is 12.4 Å². The monoisotopic (exact) mass is 748 g/mol. The van der Waals surface area contributed by atoms with Gasteiger partial charge in [0, 0.05) is 45.4 Å². The van der Waals surface area contributed by atoms with Crippen LogP contribution in [-0.2, 0) is 28.5 Å². The number of rotatable bonds is 17. The molecule has 10 heteroatoms. The molecule has 2 amide bonds. The number of aliphatic hydroxyl groups is 1. The number of aliphatic hydroxyl groups excluding tert-OH is 1. The summed E-state index contributed by atoms with van der Waals surface area (Å²) in [5, 5.41) is 16.2. The van der Waals surface area contributed by atoms with Crippen molar-refractivity contribution in [2.24, 2.45) is 17.8 Å². The average molecular weight is 749 g/mol. The number of alkyl carbamates (subject to hydrolysis) is 1. The smallest absolute Gasteiger partial charge is 0.407 e. The van der Waals surface area contributed by atoms with Crippen LogP contribution in [0.4, 0.5) is 4.79 Å². The fraction of sp³-hybridized carbons (Fsp3) is 0.614. The van der Waals surface area contributed by atoms with Crippen LogP contribution in [0.15, 0.2) is 61.2 Å². The first-order valence-corrected chi connectivity index (χ1v) is 20.0. The molecule has 1 unspecified atom stereocenters. The molecule has 3 aliphatic rings. The number of allylic oxidation sites excluding steroid dienone is 1. The van der Waals surface area contributed by atoms with Gasteiger partial charge in [-0.3, -0.25) is 9.59 Å². The summed E-state index contributed by atoms with van der Waals surface area (Å²) < 4.78 is 23.5. The van der Waals surface area contributed by atoms with Gasteiger partial charge in [0.15, 0.2) is 5.79 Å². The quantitative estimate of drug-likeness (QED) is 0.111. The van der Waals surface area contributed by atoms with E-state index in [0.29, 0.717) is 31.4 Å². The van der Waals surface area contributed by atoms with Crippen LogP contribution < -0.4 is 10.6 Å². The third-order valence-corrected chi connectivity index (χ3v) is 11.2. The topological polar surface area (TPSA) is 132 Å². The molecule has 54 heavy (non-hydrogen) atoms. The van der Waals surface area contributed by atoms with E-state index >= 15 is 0 Å². The molecule has 2 fully saturated rings. The van der Waals surface area contributed by atoms with Crippen LogP contribution in [0.2, 0.25) is 0 Å². The van der Waals surface area contributed by atoms with Gasteiger partial charge in [0.2, 0.25) is 5.91 Å². The van der Waals surface area contributed by atoms with Crippen molar-refractivity contribution in [3.05, 3.63) is 72.3 Å². The van der Waals surface area contributed by atoms with Gasteiger partial charge in [-0.1, -0.05) is 75.4 Å². The molecule has 2 aliphatic heterocycles. The highest BCUT2D eigenvalue weighted by atomic mass is 16.7. The highest BCUT2D eigenvalue weighted by Crippen LogP contribution is 2.45. The largest absolute Gasteiger partial charge is 0.449 e. The molecule has 2 saturated heterocycles. The van der Waals surface area contributed by atoms with E-state index in [2.05, 4.69) is 60.1 Å². The first-order chi connectivity index (χ1) is 26.0. The number of hydrogen-bond donors (Lipinski definition) is 3. The van der Waals surface area contributed by atoms with Crippen molar-refractivity contribution in [3.63, 3.8) is 0 Å².